The van der Waals surface area contributed by atoms with Crippen molar-refractivity contribution >= 4 is 51.4 Å². The van der Waals surface area contributed by atoms with Crippen LogP contribution in [-0.4, -0.2) is 11.5 Å². The Balaban J connectivity index is 1.86. The van der Waals surface area contributed by atoms with Crippen LogP contribution in [0.2, 0.25) is 0 Å². The predicted octanol–water partition coefficient (Wildman–Crippen LogP) is 5.13. The molecule has 0 fully saturated rings. The summed E-state index contributed by atoms with van der Waals surface area (Å²) in [4.78, 5) is 12.3. The minimum atomic E-state index is -0.383. The maximum absolute atomic E-state index is 10.9. The minimum absolute atomic E-state index is 0.0936. The van der Waals surface area contributed by atoms with Crippen molar-refractivity contribution in [2.24, 2.45) is 0 Å². The van der Waals surface area contributed by atoms with E-state index in [1.54, 1.807) is 12.1 Å². The van der Waals surface area contributed by atoms with Gasteiger partial charge in [0.15, 0.2) is 0 Å². The van der Waals surface area contributed by atoms with E-state index >= 15 is 0 Å². The molecule has 2 aromatic carbocycles. The lowest BCUT2D eigenvalue weighted by molar-refractivity contribution is -0.385. The summed E-state index contributed by atoms with van der Waals surface area (Å²) in [7, 11) is 0. The van der Waals surface area contributed by atoms with E-state index in [9.17, 15) is 10.1 Å². The average molecular weight is 426 g/mol. The molecule has 1 N–H and O–H groups in total. The van der Waals surface area contributed by atoms with Crippen molar-refractivity contribution in [3.8, 4) is 5.75 Å². The third-order valence-corrected chi connectivity index (χ3v) is 4.68. The van der Waals surface area contributed by atoms with Crippen LogP contribution < -0.4 is 10.1 Å². The van der Waals surface area contributed by atoms with E-state index in [1.165, 1.54) is 17.8 Å². The molecule has 5 nitrogen and oxygen atoms in total. The van der Waals surface area contributed by atoms with Crippen LogP contribution >= 0.6 is 34.4 Å². The van der Waals surface area contributed by atoms with Crippen LogP contribution in [0.15, 0.2) is 56.3 Å². The molecule has 0 saturated heterocycles. The van der Waals surface area contributed by atoms with Crippen LogP contribution in [0.25, 0.3) is 0 Å². The van der Waals surface area contributed by atoms with Crippen molar-refractivity contribution in [1.29, 1.82) is 0 Å². The molecule has 0 aliphatic carbocycles. The summed E-state index contributed by atoms with van der Waals surface area (Å²) in [6, 6.07) is 10.6. The third-order valence-electron chi connectivity index (χ3n) is 3.05. The maximum Gasteiger partial charge on any atom is 0.270 e. The van der Waals surface area contributed by atoms with E-state index in [2.05, 4.69) is 27.9 Å². The monoisotopic (exact) mass is 426 g/mol. The third kappa shape index (κ3) is 3.20. The summed E-state index contributed by atoms with van der Waals surface area (Å²) in [6.45, 7) is 0.516. The number of rotatable bonds is 4. The summed E-state index contributed by atoms with van der Waals surface area (Å²) in [5, 5.41) is 14.2. The largest absolute Gasteiger partial charge is 0.489 e. The molecule has 0 bridgehead atoms. The normalized spacial score (nSPS) is 12.4. The number of non-ortho nitro benzene ring substituents is 1. The number of benzene rings is 2. The summed E-state index contributed by atoms with van der Waals surface area (Å²) in [5.41, 5.74) is 1.95. The Hall–Kier alpha value is -1.74. The Morgan fingerprint density at radius 3 is 2.68 bits per heavy atom. The number of anilines is 2. The number of hydrogen-bond acceptors (Lipinski definition) is 5. The van der Waals surface area contributed by atoms with Crippen molar-refractivity contribution in [2.45, 2.75) is 9.79 Å². The summed E-state index contributed by atoms with van der Waals surface area (Å²) in [6.07, 6.45) is 1.92. The van der Waals surface area contributed by atoms with Crippen LogP contribution in [0.5, 0.6) is 5.75 Å². The number of nitro groups is 1. The molecular formula is C15H11IN2O3S. The maximum atomic E-state index is 10.9. The van der Waals surface area contributed by atoms with E-state index in [1.807, 2.05) is 28.4 Å². The molecule has 7 heteroatoms. The van der Waals surface area contributed by atoms with Crippen LogP contribution in [0.3, 0.4) is 0 Å². The number of ether oxygens (including phenoxy) is 1. The first kappa shape index (κ1) is 15.2. The Bertz CT molecular complexity index is 764. The van der Waals surface area contributed by atoms with Crippen molar-refractivity contribution in [1.82, 2.24) is 0 Å². The first-order valence-electron chi connectivity index (χ1n) is 6.43. The molecule has 1 aliphatic rings. The minimum Gasteiger partial charge on any atom is -0.489 e. The highest BCUT2D eigenvalue weighted by molar-refractivity contribution is 14.1. The highest BCUT2D eigenvalue weighted by Crippen LogP contribution is 2.46. The quantitative estimate of drug-likeness (QED) is 0.356. The zero-order valence-corrected chi connectivity index (χ0v) is 14.3. The molecule has 0 saturated carbocycles. The molecule has 0 radical (unpaired) electrons. The van der Waals surface area contributed by atoms with Gasteiger partial charge in [-0.1, -0.05) is 34.4 Å². The highest BCUT2D eigenvalue weighted by atomic mass is 127. The number of hydrogen-bond donors (Lipinski definition) is 1. The van der Waals surface area contributed by atoms with Gasteiger partial charge >= 0.3 is 0 Å². The molecule has 2 aromatic rings. The molecule has 0 amide bonds. The van der Waals surface area contributed by atoms with Crippen molar-refractivity contribution in [3.05, 3.63) is 56.7 Å². The molecular weight excluding hydrogens is 415 g/mol. The van der Waals surface area contributed by atoms with Crippen LogP contribution in [0.4, 0.5) is 17.1 Å². The van der Waals surface area contributed by atoms with Gasteiger partial charge in [-0.3, -0.25) is 10.1 Å². The van der Waals surface area contributed by atoms with Gasteiger partial charge in [-0.25, -0.2) is 0 Å². The number of halogens is 1. The van der Waals surface area contributed by atoms with Gasteiger partial charge in [0.05, 0.1) is 16.3 Å². The molecule has 0 aromatic heterocycles. The van der Waals surface area contributed by atoms with Gasteiger partial charge in [0, 0.05) is 21.9 Å². The summed E-state index contributed by atoms with van der Waals surface area (Å²) < 4.78 is 7.53. The molecule has 3 rings (SSSR count). The van der Waals surface area contributed by atoms with E-state index < -0.39 is 0 Å². The van der Waals surface area contributed by atoms with Gasteiger partial charge in [-0.05, 0) is 34.4 Å². The van der Waals surface area contributed by atoms with Gasteiger partial charge in [-0.2, -0.15) is 0 Å². The Morgan fingerprint density at radius 2 is 1.95 bits per heavy atom. The summed E-state index contributed by atoms with van der Waals surface area (Å²) >= 11 is 3.64. The lowest BCUT2D eigenvalue weighted by atomic mass is 10.2. The molecule has 0 spiro atoms. The number of nitrogens with zero attached hydrogens (tertiary/aromatic N) is 1. The van der Waals surface area contributed by atoms with Gasteiger partial charge in [0.2, 0.25) is 0 Å². The lowest BCUT2D eigenvalue weighted by Gasteiger charge is -2.21. The van der Waals surface area contributed by atoms with Crippen molar-refractivity contribution in [3.63, 3.8) is 0 Å². The smallest absolute Gasteiger partial charge is 0.270 e. The molecule has 22 heavy (non-hydrogen) atoms. The van der Waals surface area contributed by atoms with Crippen LogP contribution in [0.1, 0.15) is 0 Å². The first-order chi connectivity index (χ1) is 10.7. The number of fused-ring (bicyclic) bond motifs is 2. The van der Waals surface area contributed by atoms with Gasteiger partial charge in [-0.15, -0.1) is 0 Å². The van der Waals surface area contributed by atoms with Gasteiger partial charge < -0.3 is 10.1 Å². The molecule has 0 atom stereocenters. The number of nitro benzene ring substituents is 1. The Labute approximate surface area is 145 Å². The zero-order chi connectivity index (χ0) is 15.5. The van der Waals surface area contributed by atoms with Crippen molar-refractivity contribution in [2.75, 3.05) is 11.9 Å². The van der Waals surface area contributed by atoms with Gasteiger partial charge in [0.25, 0.3) is 5.69 Å². The van der Waals surface area contributed by atoms with E-state index in [-0.39, 0.29) is 10.6 Å². The molecule has 112 valence electrons. The second-order valence-corrected chi connectivity index (χ2v) is 6.30. The fraction of sp³-hybridized carbons (Fsp3) is 0.0667. The average Bonchev–Trinajstić information content (AvgIpc) is 2.52. The SMILES string of the molecule is O=[N+]([O-])c1ccc2c(c1)Sc1cc(OC/C=C/I)ccc1N2. The first-order valence-corrected chi connectivity index (χ1v) is 8.49. The van der Waals surface area contributed by atoms with E-state index in [4.69, 9.17) is 4.74 Å². The number of nitrogens with one attached hydrogen (secondary N) is 1. The standard InChI is InChI=1S/C15H11IN2O3S/c16-6-1-7-21-11-3-5-13-15(9-11)22-14-8-10(18(19)20)2-4-12(14)17-13/h1-6,8-9,17H,7H2/b6-1+. The predicted molar refractivity (Wildman–Crippen MR) is 95.6 cm³/mol. The second-order valence-electron chi connectivity index (χ2n) is 4.50. The molecule has 1 heterocycles. The topological polar surface area (TPSA) is 64.4 Å². The summed E-state index contributed by atoms with van der Waals surface area (Å²) in [5.74, 6) is 0.774. The molecule has 1 aliphatic heterocycles. The van der Waals surface area contributed by atoms with Crippen LogP contribution in [0, 0.1) is 10.1 Å². The fourth-order valence-electron chi connectivity index (χ4n) is 2.04. The fourth-order valence-corrected chi connectivity index (χ4v) is 3.29. The van der Waals surface area contributed by atoms with Gasteiger partial charge in [0.1, 0.15) is 12.4 Å². The Kier molecular flexibility index (Phi) is 4.53. The van der Waals surface area contributed by atoms with E-state index in [0.29, 0.717) is 6.61 Å². The van der Waals surface area contributed by atoms with Crippen LogP contribution in [-0.2, 0) is 0 Å². The zero-order valence-electron chi connectivity index (χ0n) is 11.3. The second kappa shape index (κ2) is 6.57. The molecule has 0 unspecified atom stereocenters. The highest BCUT2D eigenvalue weighted by Gasteiger charge is 2.19. The Morgan fingerprint density at radius 1 is 1.23 bits per heavy atom. The van der Waals surface area contributed by atoms with E-state index in [0.717, 1.165) is 26.9 Å². The van der Waals surface area contributed by atoms with Crippen molar-refractivity contribution < 1.29 is 9.66 Å². The lowest BCUT2D eigenvalue weighted by Crippen LogP contribution is -2.01.